The van der Waals surface area contributed by atoms with E-state index in [0.29, 0.717) is 0 Å². The Labute approximate surface area is 129 Å². The van der Waals surface area contributed by atoms with Gasteiger partial charge in [-0.15, -0.1) is 0 Å². The van der Waals surface area contributed by atoms with Gasteiger partial charge in [-0.05, 0) is 48.7 Å². The SMILES string of the molecule is COc1cccc([C@@H](C)NCc2ccc(C)cc2Br)c1. The summed E-state index contributed by atoms with van der Waals surface area (Å²) in [5, 5.41) is 3.54. The van der Waals surface area contributed by atoms with Gasteiger partial charge in [0.15, 0.2) is 0 Å². The van der Waals surface area contributed by atoms with E-state index in [4.69, 9.17) is 4.74 Å². The Morgan fingerprint density at radius 3 is 2.70 bits per heavy atom. The summed E-state index contributed by atoms with van der Waals surface area (Å²) in [6.07, 6.45) is 0. The summed E-state index contributed by atoms with van der Waals surface area (Å²) in [5.74, 6) is 0.896. The van der Waals surface area contributed by atoms with Crippen LogP contribution < -0.4 is 10.1 Å². The maximum Gasteiger partial charge on any atom is 0.119 e. The van der Waals surface area contributed by atoms with Gasteiger partial charge >= 0.3 is 0 Å². The van der Waals surface area contributed by atoms with Crippen LogP contribution in [0.15, 0.2) is 46.9 Å². The van der Waals surface area contributed by atoms with E-state index in [2.05, 4.69) is 65.4 Å². The second-order valence-corrected chi connectivity index (χ2v) is 5.83. The normalized spacial score (nSPS) is 12.2. The molecule has 0 unspecified atom stereocenters. The van der Waals surface area contributed by atoms with Crippen molar-refractivity contribution in [3.8, 4) is 5.75 Å². The zero-order valence-corrected chi connectivity index (χ0v) is 13.7. The van der Waals surface area contributed by atoms with Gasteiger partial charge < -0.3 is 10.1 Å². The molecule has 2 aromatic carbocycles. The third-order valence-corrected chi connectivity index (χ3v) is 4.14. The number of hydrogen-bond donors (Lipinski definition) is 1. The molecule has 20 heavy (non-hydrogen) atoms. The van der Waals surface area contributed by atoms with Crippen molar-refractivity contribution in [2.24, 2.45) is 0 Å². The molecule has 0 spiro atoms. The lowest BCUT2D eigenvalue weighted by Crippen LogP contribution is -2.18. The van der Waals surface area contributed by atoms with Gasteiger partial charge in [0.1, 0.15) is 5.75 Å². The minimum Gasteiger partial charge on any atom is -0.497 e. The van der Waals surface area contributed by atoms with Crippen LogP contribution in [0.2, 0.25) is 0 Å². The molecule has 0 bridgehead atoms. The number of hydrogen-bond acceptors (Lipinski definition) is 2. The van der Waals surface area contributed by atoms with Crippen LogP contribution in [0.5, 0.6) is 5.75 Å². The maximum absolute atomic E-state index is 5.26. The first kappa shape index (κ1) is 15.1. The molecule has 0 aliphatic heterocycles. The molecule has 0 aromatic heterocycles. The Hall–Kier alpha value is -1.32. The van der Waals surface area contributed by atoms with Gasteiger partial charge in [-0.3, -0.25) is 0 Å². The predicted octanol–water partition coefficient (Wildman–Crippen LogP) is 4.62. The zero-order valence-electron chi connectivity index (χ0n) is 12.1. The predicted molar refractivity (Wildman–Crippen MR) is 87.1 cm³/mol. The average molecular weight is 334 g/mol. The quantitative estimate of drug-likeness (QED) is 0.862. The van der Waals surface area contributed by atoms with Crippen LogP contribution >= 0.6 is 15.9 Å². The van der Waals surface area contributed by atoms with Gasteiger partial charge in [-0.2, -0.15) is 0 Å². The van der Waals surface area contributed by atoms with Gasteiger partial charge in [0, 0.05) is 17.1 Å². The van der Waals surface area contributed by atoms with Crippen LogP contribution in [0.1, 0.15) is 29.7 Å². The molecular formula is C17H20BrNO. The molecule has 2 aromatic rings. The van der Waals surface area contributed by atoms with Crippen LogP contribution in [0, 0.1) is 6.92 Å². The molecule has 0 aliphatic carbocycles. The Morgan fingerprint density at radius 2 is 2.00 bits per heavy atom. The van der Waals surface area contributed by atoms with E-state index < -0.39 is 0 Å². The maximum atomic E-state index is 5.26. The Bertz CT molecular complexity index is 583. The molecule has 106 valence electrons. The first-order valence-corrected chi connectivity index (χ1v) is 7.52. The Kier molecular flexibility index (Phi) is 5.21. The lowest BCUT2D eigenvalue weighted by molar-refractivity contribution is 0.413. The van der Waals surface area contributed by atoms with E-state index in [1.165, 1.54) is 16.7 Å². The topological polar surface area (TPSA) is 21.3 Å². The molecule has 0 aliphatic rings. The number of benzene rings is 2. The second-order valence-electron chi connectivity index (χ2n) is 4.97. The Balaban J connectivity index is 2.02. The van der Waals surface area contributed by atoms with Crippen LogP contribution in [0.4, 0.5) is 0 Å². The van der Waals surface area contributed by atoms with Crippen molar-refractivity contribution < 1.29 is 4.74 Å². The van der Waals surface area contributed by atoms with Crippen LogP contribution in [-0.2, 0) is 6.54 Å². The van der Waals surface area contributed by atoms with E-state index in [-0.39, 0.29) is 6.04 Å². The van der Waals surface area contributed by atoms with Crippen molar-refractivity contribution in [3.63, 3.8) is 0 Å². The minimum absolute atomic E-state index is 0.276. The summed E-state index contributed by atoms with van der Waals surface area (Å²) >= 11 is 3.62. The lowest BCUT2D eigenvalue weighted by Gasteiger charge is -2.16. The molecule has 0 radical (unpaired) electrons. The van der Waals surface area contributed by atoms with Gasteiger partial charge in [-0.1, -0.05) is 40.2 Å². The highest BCUT2D eigenvalue weighted by molar-refractivity contribution is 9.10. The molecular weight excluding hydrogens is 314 g/mol. The van der Waals surface area contributed by atoms with Gasteiger partial charge in [0.25, 0.3) is 0 Å². The lowest BCUT2D eigenvalue weighted by atomic mass is 10.1. The highest BCUT2D eigenvalue weighted by Crippen LogP contribution is 2.21. The fraction of sp³-hybridized carbons (Fsp3) is 0.294. The van der Waals surface area contributed by atoms with Crippen molar-refractivity contribution in [3.05, 3.63) is 63.6 Å². The fourth-order valence-corrected chi connectivity index (χ4v) is 2.72. The van der Waals surface area contributed by atoms with Crippen molar-refractivity contribution >= 4 is 15.9 Å². The van der Waals surface area contributed by atoms with Crippen LogP contribution in [-0.4, -0.2) is 7.11 Å². The zero-order chi connectivity index (χ0) is 14.5. The standard InChI is InChI=1S/C17H20BrNO/c1-12-7-8-15(17(18)9-12)11-19-13(2)14-5-4-6-16(10-14)20-3/h4-10,13,19H,11H2,1-3H3/t13-/m1/s1. The summed E-state index contributed by atoms with van der Waals surface area (Å²) in [6.45, 7) is 5.09. The Morgan fingerprint density at radius 1 is 1.20 bits per heavy atom. The molecule has 0 saturated carbocycles. The number of halogens is 1. The van der Waals surface area contributed by atoms with Crippen LogP contribution in [0.3, 0.4) is 0 Å². The smallest absolute Gasteiger partial charge is 0.119 e. The summed E-state index contributed by atoms with van der Waals surface area (Å²) in [6, 6.07) is 14.9. The average Bonchev–Trinajstić information content (AvgIpc) is 2.46. The molecule has 0 heterocycles. The first-order chi connectivity index (χ1) is 9.60. The van der Waals surface area contributed by atoms with E-state index in [1.54, 1.807) is 7.11 Å². The van der Waals surface area contributed by atoms with E-state index in [0.717, 1.165) is 16.8 Å². The molecule has 2 nitrogen and oxygen atoms in total. The molecule has 3 heteroatoms. The van der Waals surface area contributed by atoms with Crippen molar-refractivity contribution in [1.82, 2.24) is 5.32 Å². The second kappa shape index (κ2) is 6.91. The molecule has 1 N–H and O–H groups in total. The van der Waals surface area contributed by atoms with Gasteiger partial charge in [-0.25, -0.2) is 0 Å². The third kappa shape index (κ3) is 3.84. The number of nitrogens with one attached hydrogen (secondary N) is 1. The molecule has 0 fully saturated rings. The molecule has 2 rings (SSSR count). The van der Waals surface area contributed by atoms with E-state index in [1.807, 2.05) is 12.1 Å². The van der Waals surface area contributed by atoms with Crippen molar-refractivity contribution in [2.45, 2.75) is 26.4 Å². The highest BCUT2D eigenvalue weighted by atomic mass is 79.9. The number of methoxy groups -OCH3 is 1. The molecule has 1 atom stereocenters. The highest BCUT2D eigenvalue weighted by Gasteiger charge is 2.07. The summed E-state index contributed by atoms with van der Waals surface area (Å²) < 4.78 is 6.42. The van der Waals surface area contributed by atoms with Gasteiger partial charge in [0.05, 0.1) is 7.11 Å². The van der Waals surface area contributed by atoms with E-state index in [9.17, 15) is 0 Å². The summed E-state index contributed by atoms with van der Waals surface area (Å²) in [7, 11) is 1.70. The molecule has 0 saturated heterocycles. The monoisotopic (exact) mass is 333 g/mol. The van der Waals surface area contributed by atoms with Crippen LogP contribution in [0.25, 0.3) is 0 Å². The molecule has 0 amide bonds. The number of aryl methyl sites for hydroxylation is 1. The minimum atomic E-state index is 0.276. The third-order valence-electron chi connectivity index (χ3n) is 3.40. The van der Waals surface area contributed by atoms with Crippen molar-refractivity contribution in [2.75, 3.05) is 7.11 Å². The largest absolute Gasteiger partial charge is 0.497 e. The summed E-state index contributed by atoms with van der Waals surface area (Å²) in [5.41, 5.74) is 3.76. The fourth-order valence-electron chi connectivity index (χ4n) is 2.09. The number of ether oxygens (including phenoxy) is 1. The summed E-state index contributed by atoms with van der Waals surface area (Å²) in [4.78, 5) is 0. The number of rotatable bonds is 5. The van der Waals surface area contributed by atoms with Gasteiger partial charge in [0.2, 0.25) is 0 Å². The van der Waals surface area contributed by atoms with Crippen molar-refractivity contribution in [1.29, 1.82) is 0 Å². The first-order valence-electron chi connectivity index (χ1n) is 6.72. The van der Waals surface area contributed by atoms with E-state index >= 15 is 0 Å².